The number of anilines is 1. The summed E-state index contributed by atoms with van der Waals surface area (Å²) >= 11 is 5.89. The van der Waals surface area contributed by atoms with E-state index in [1.54, 1.807) is 24.3 Å². The Morgan fingerprint density at radius 2 is 1.44 bits per heavy atom. The smallest absolute Gasteiger partial charge is 0.251 e. The minimum absolute atomic E-state index is 0.166. The second-order valence-corrected chi connectivity index (χ2v) is 9.96. The Bertz CT molecular complexity index is 1140. The second-order valence-electron chi connectivity index (χ2n) is 7.62. The number of aryl methyl sites for hydroxylation is 1. The first-order valence-electron chi connectivity index (χ1n) is 10.4. The van der Waals surface area contributed by atoms with Crippen LogP contribution in [-0.2, 0) is 29.4 Å². The Morgan fingerprint density at radius 1 is 0.875 bits per heavy atom. The second kappa shape index (κ2) is 10.7. The van der Waals surface area contributed by atoms with Crippen LogP contribution in [0.4, 0.5) is 5.69 Å². The van der Waals surface area contributed by atoms with Crippen molar-refractivity contribution in [1.29, 1.82) is 0 Å². The quantitative estimate of drug-likeness (QED) is 0.486. The van der Waals surface area contributed by atoms with E-state index < -0.39 is 10.0 Å². The number of nitrogens with one attached hydrogen (secondary N) is 1. The number of nitrogens with zero attached hydrogens (tertiary/aromatic N) is 1. The van der Waals surface area contributed by atoms with Gasteiger partial charge in [-0.1, -0.05) is 54.9 Å². The first kappa shape index (κ1) is 23.8. The fourth-order valence-corrected chi connectivity index (χ4v) is 4.31. The van der Waals surface area contributed by atoms with Gasteiger partial charge in [-0.25, -0.2) is 8.42 Å². The third-order valence-corrected chi connectivity index (χ3v) is 6.58. The summed E-state index contributed by atoms with van der Waals surface area (Å²) in [5.41, 5.74) is 4.19. The summed E-state index contributed by atoms with van der Waals surface area (Å²) in [7, 11) is -3.46. The van der Waals surface area contributed by atoms with Crippen molar-refractivity contribution < 1.29 is 13.2 Å². The standard InChI is InChI=1S/C25H27ClN2O3S/c1-3-19-8-14-24(15-9-19)28(32(2,30)31)18-21-4-10-22(11-5-21)25(29)27-17-16-20-6-12-23(26)13-7-20/h4-15H,3,16-18H2,1-2H3,(H,27,29). The summed E-state index contributed by atoms with van der Waals surface area (Å²) in [4.78, 5) is 12.4. The highest BCUT2D eigenvalue weighted by molar-refractivity contribution is 7.92. The van der Waals surface area contributed by atoms with Gasteiger partial charge < -0.3 is 5.32 Å². The molecule has 3 aromatic rings. The normalized spacial score (nSPS) is 11.2. The van der Waals surface area contributed by atoms with Crippen molar-refractivity contribution in [2.75, 3.05) is 17.1 Å². The highest BCUT2D eigenvalue weighted by Crippen LogP contribution is 2.22. The zero-order valence-electron chi connectivity index (χ0n) is 18.2. The van der Waals surface area contributed by atoms with Crippen LogP contribution in [0.5, 0.6) is 0 Å². The molecule has 0 aromatic heterocycles. The number of hydrogen-bond acceptors (Lipinski definition) is 3. The van der Waals surface area contributed by atoms with Crippen LogP contribution in [0.2, 0.25) is 5.02 Å². The summed E-state index contributed by atoms with van der Waals surface area (Å²) in [5, 5.41) is 3.59. The van der Waals surface area contributed by atoms with Crippen LogP contribution in [-0.4, -0.2) is 27.1 Å². The molecule has 1 N–H and O–H groups in total. The van der Waals surface area contributed by atoms with Gasteiger partial charge in [-0.2, -0.15) is 0 Å². The molecule has 168 valence electrons. The number of halogens is 1. The van der Waals surface area contributed by atoms with Crippen LogP contribution in [0.3, 0.4) is 0 Å². The maximum absolute atomic E-state index is 12.4. The van der Waals surface area contributed by atoms with E-state index in [4.69, 9.17) is 11.6 Å². The molecule has 0 radical (unpaired) electrons. The number of sulfonamides is 1. The van der Waals surface area contributed by atoms with Gasteiger partial charge in [0.2, 0.25) is 10.0 Å². The molecular weight excluding hydrogens is 444 g/mol. The third kappa shape index (κ3) is 6.58. The van der Waals surface area contributed by atoms with E-state index in [1.165, 1.54) is 10.6 Å². The van der Waals surface area contributed by atoms with Crippen LogP contribution in [0, 0.1) is 0 Å². The lowest BCUT2D eigenvalue weighted by atomic mass is 10.1. The summed E-state index contributed by atoms with van der Waals surface area (Å²) < 4.78 is 26.1. The van der Waals surface area contributed by atoms with Gasteiger partial charge >= 0.3 is 0 Å². The zero-order valence-corrected chi connectivity index (χ0v) is 19.8. The largest absolute Gasteiger partial charge is 0.352 e. The first-order chi connectivity index (χ1) is 15.3. The fourth-order valence-electron chi connectivity index (χ4n) is 3.30. The minimum atomic E-state index is -3.46. The molecule has 0 bridgehead atoms. The third-order valence-electron chi connectivity index (χ3n) is 5.19. The van der Waals surface area contributed by atoms with Crippen molar-refractivity contribution in [1.82, 2.24) is 5.32 Å². The number of amides is 1. The molecular formula is C25H27ClN2O3S. The molecule has 0 aliphatic carbocycles. The monoisotopic (exact) mass is 470 g/mol. The molecule has 5 nitrogen and oxygen atoms in total. The van der Waals surface area contributed by atoms with Crippen LogP contribution in [0.25, 0.3) is 0 Å². The molecule has 0 atom stereocenters. The average Bonchev–Trinajstić information content (AvgIpc) is 2.78. The molecule has 0 saturated carbocycles. The lowest BCUT2D eigenvalue weighted by Gasteiger charge is -2.23. The maximum Gasteiger partial charge on any atom is 0.251 e. The molecule has 3 aromatic carbocycles. The number of benzene rings is 3. The molecule has 0 spiro atoms. The Balaban J connectivity index is 1.62. The topological polar surface area (TPSA) is 66.5 Å². The summed E-state index contributed by atoms with van der Waals surface area (Å²) in [6.45, 7) is 2.76. The molecule has 7 heteroatoms. The van der Waals surface area contributed by atoms with E-state index in [0.29, 0.717) is 29.2 Å². The van der Waals surface area contributed by atoms with Crippen molar-refractivity contribution in [2.24, 2.45) is 0 Å². The fraction of sp³-hybridized carbons (Fsp3) is 0.240. The Hall–Kier alpha value is -2.83. The van der Waals surface area contributed by atoms with Gasteiger partial charge in [0.15, 0.2) is 0 Å². The zero-order chi connectivity index (χ0) is 23.1. The van der Waals surface area contributed by atoms with E-state index in [1.807, 2.05) is 48.5 Å². The van der Waals surface area contributed by atoms with Gasteiger partial charge in [0.05, 0.1) is 18.5 Å². The van der Waals surface area contributed by atoms with Crippen LogP contribution < -0.4 is 9.62 Å². The minimum Gasteiger partial charge on any atom is -0.352 e. The van der Waals surface area contributed by atoms with Crippen molar-refractivity contribution in [3.8, 4) is 0 Å². The van der Waals surface area contributed by atoms with E-state index in [0.717, 1.165) is 23.1 Å². The maximum atomic E-state index is 12.4. The van der Waals surface area contributed by atoms with Gasteiger partial charge in [0.1, 0.15) is 0 Å². The Kier molecular flexibility index (Phi) is 7.94. The molecule has 32 heavy (non-hydrogen) atoms. The molecule has 0 unspecified atom stereocenters. The molecule has 3 rings (SSSR count). The van der Waals surface area contributed by atoms with Gasteiger partial charge in [0.25, 0.3) is 5.91 Å². The summed E-state index contributed by atoms with van der Waals surface area (Å²) in [6, 6.07) is 22.0. The van der Waals surface area contributed by atoms with Gasteiger partial charge in [-0.3, -0.25) is 9.10 Å². The van der Waals surface area contributed by atoms with Crippen molar-refractivity contribution in [3.05, 3.63) is 100 Å². The SMILES string of the molecule is CCc1ccc(N(Cc2ccc(C(=O)NCCc3ccc(Cl)cc3)cc2)S(C)(=O)=O)cc1. The summed E-state index contributed by atoms with van der Waals surface area (Å²) in [6.07, 6.45) is 2.80. The summed E-state index contributed by atoms with van der Waals surface area (Å²) in [5.74, 6) is -0.166. The van der Waals surface area contributed by atoms with Gasteiger partial charge in [0, 0.05) is 17.1 Å². The lowest BCUT2D eigenvalue weighted by molar-refractivity contribution is 0.0954. The Labute approximate surface area is 195 Å². The van der Waals surface area contributed by atoms with Crippen LogP contribution in [0.1, 0.15) is 34.0 Å². The van der Waals surface area contributed by atoms with Gasteiger partial charge in [-0.15, -0.1) is 0 Å². The predicted molar refractivity (Wildman–Crippen MR) is 131 cm³/mol. The lowest BCUT2D eigenvalue weighted by Crippen LogP contribution is -2.29. The van der Waals surface area contributed by atoms with Crippen molar-refractivity contribution >= 4 is 33.2 Å². The van der Waals surface area contributed by atoms with Crippen molar-refractivity contribution in [3.63, 3.8) is 0 Å². The molecule has 0 fully saturated rings. The molecule has 0 aliphatic heterocycles. The van der Waals surface area contributed by atoms with E-state index in [-0.39, 0.29) is 12.5 Å². The number of carbonyl (C=O) groups excluding carboxylic acids is 1. The highest BCUT2D eigenvalue weighted by Gasteiger charge is 2.18. The van der Waals surface area contributed by atoms with E-state index in [2.05, 4.69) is 12.2 Å². The van der Waals surface area contributed by atoms with Crippen LogP contribution in [0.15, 0.2) is 72.8 Å². The average molecular weight is 471 g/mol. The van der Waals surface area contributed by atoms with Gasteiger partial charge in [-0.05, 0) is 65.9 Å². The first-order valence-corrected chi connectivity index (χ1v) is 12.7. The van der Waals surface area contributed by atoms with E-state index >= 15 is 0 Å². The number of hydrogen-bond donors (Lipinski definition) is 1. The number of rotatable bonds is 9. The van der Waals surface area contributed by atoms with E-state index in [9.17, 15) is 13.2 Å². The molecule has 0 heterocycles. The Morgan fingerprint density at radius 3 is 2.00 bits per heavy atom. The molecule has 1 amide bonds. The molecule has 0 saturated heterocycles. The predicted octanol–water partition coefficient (Wildman–Crippen LogP) is 4.84. The van der Waals surface area contributed by atoms with Crippen LogP contribution >= 0.6 is 11.6 Å². The number of carbonyl (C=O) groups is 1. The molecule has 0 aliphatic rings. The van der Waals surface area contributed by atoms with Crippen molar-refractivity contribution in [2.45, 2.75) is 26.3 Å². The highest BCUT2D eigenvalue weighted by atomic mass is 35.5.